The molecule has 0 unspecified atom stereocenters. The summed E-state index contributed by atoms with van der Waals surface area (Å²) in [6.45, 7) is 23.6. The third-order valence-corrected chi connectivity index (χ3v) is 28.6. The maximum atomic E-state index is 17.1. The topological polar surface area (TPSA) is 70.0 Å². The normalized spacial score (nSPS) is 12.1. The van der Waals surface area contributed by atoms with Gasteiger partial charge in [-0.1, -0.05) is 183 Å². The highest BCUT2D eigenvalue weighted by molar-refractivity contribution is 7.25. The Kier molecular flexibility index (Phi) is 26.4. The van der Waals surface area contributed by atoms with Gasteiger partial charge in [0.15, 0.2) is 0 Å². The average molecular weight is 1490 g/mol. The van der Waals surface area contributed by atoms with Crippen molar-refractivity contribution >= 4 is 134 Å². The van der Waals surface area contributed by atoms with Crippen molar-refractivity contribution in [1.29, 1.82) is 0 Å². The number of fused-ring (bicyclic) bond motifs is 4. The van der Waals surface area contributed by atoms with Gasteiger partial charge in [0.25, 0.3) is 0 Å². The number of unbranched alkanes of at least 4 members (excludes halogenated alkanes) is 18. The van der Waals surface area contributed by atoms with Crippen LogP contribution >= 0.6 is 91.5 Å². The molecule has 16 heteroatoms. The summed E-state index contributed by atoms with van der Waals surface area (Å²) in [6, 6.07) is 25.1. The number of hydrogen-bond donors (Lipinski definition) is 0. The van der Waals surface area contributed by atoms with E-state index < -0.39 is 11.6 Å². The van der Waals surface area contributed by atoms with E-state index in [2.05, 4.69) is 106 Å². The van der Waals surface area contributed by atoms with Gasteiger partial charge in [-0.2, -0.15) is 17.5 Å². The Morgan fingerprint density at radius 2 is 0.730 bits per heavy atom. The standard InChI is InChI=1S/C84H100F2N4O2S8/c1-11-17-19-21-23-25-27-29-31-33-43-91-81-52(8)72(78-77(54(81)10)87-99-88-78)67-41-39-65(96-67)59-48-64(86)60(49-63(59)85)66-40-42-70(97-66)76-80-79(89-100-90-80)73(53(9)82(76)92-44-34-32-30-28-26-24-22-20-18-12-2)71-50-62-75(69-38-36-58(95-69)47-56(15-5)16-6)83-61(45-51(7)93-83)74(84(62)98-71)68-37-35-57(94-68)46-55(13-3)14-4/h35-42,45,48-50,55-56H,11-34,43-44,46-47H2,1-10H3. The molecule has 0 saturated heterocycles. The monoisotopic (exact) mass is 1490 g/mol. The van der Waals surface area contributed by atoms with E-state index in [-0.39, 0.29) is 11.1 Å². The second-order valence-electron chi connectivity index (χ2n) is 27.8. The molecule has 0 N–H and O–H groups in total. The van der Waals surface area contributed by atoms with Crippen molar-refractivity contribution in [2.24, 2.45) is 11.8 Å². The Morgan fingerprint density at radius 1 is 0.350 bits per heavy atom. The molecule has 0 fully saturated rings. The minimum Gasteiger partial charge on any atom is -0.493 e. The van der Waals surface area contributed by atoms with Crippen LogP contribution < -0.4 is 9.47 Å². The van der Waals surface area contributed by atoms with Gasteiger partial charge in [0, 0.05) is 119 Å². The Balaban J connectivity index is 0.886. The number of aromatic nitrogens is 4. The van der Waals surface area contributed by atoms with E-state index >= 15 is 8.78 Å². The van der Waals surface area contributed by atoms with Crippen LogP contribution in [0.2, 0.25) is 0 Å². The molecule has 0 aliphatic carbocycles. The summed E-state index contributed by atoms with van der Waals surface area (Å²) in [4.78, 5) is 11.0. The molecule has 0 atom stereocenters. The summed E-state index contributed by atoms with van der Waals surface area (Å²) < 4.78 is 70.5. The quantitative estimate of drug-likeness (QED) is 0.0358. The Bertz CT molecular complexity index is 4570. The van der Waals surface area contributed by atoms with Crippen LogP contribution in [-0.2, 0) is 12.8 Å². The molecule has 12 rings (SSSR count). The van der Waals surface area contributed by atoms with Gasteiger partial charge < -0.3 is 9.47 Å². The number of halogens is 2. The zero-order valence-electron chi connectivity index (χ0n) is 60.5. The Labute approximate surface area is 625 Å². The average Bonchev–Trinajstić information content (AvgIpc) is 1.55. The highest BCUT2D eigenvalue weighted by Gasteiger charge is 2.30. The van der Waals surface area contributed by atoms with Crippen LogP contribution in [0.5, 0.6) is 11.5 Å². The number of benzene rings is 4. The molecule has 0 amide bonds. The molecule has 530 valence electrons. The van der Waals surface area contributed by atoms with Crippen LogP contribution in [0.1, 0.15) is 227 Å². The number of nitrogens with zero attached hydrogens (tertiary/aromatic N) is 4. The van der Waals surface area contributed by atoms with Crippen LogP contribution in [0, 0.1) is 51.2 Å². The lowest BCUT2D eigenvalue weighted by atomic mass is 9.96. The van der Waals surface area contributed by atoms with Crippen molar-refractivity contribution in [2.75, 3.05) is 13.2 Å². The smallest absolute Gasteiger partial charge is 0.133 e. The van der Waals surface area contributed by atoms with Crippen LogP contribution in [0.3, 0.4) is 0 Å². The maximum absolute atomic E-state index is 17.1. The molecule has 0 aliphatic rings. The fourth-order valence-corrected chi connectivity index (χ4v) is 23.1. The van der Waals surface area contributed by atoms with Crippen LogP contribution in [0.4, 0.5) is 8.78 Å². The van der Waals surface area contributed by atoms with Gasteiger partial charge >= 0.3 is 0 Å². The highest BCUT2D eigenvalue weighted by Crippen LogP contribution is 2.56. The summed E-state index contributed by atoms with van der Waals surface area (Å²) >= 11 is 13.0. The molecule has 8 aromatic heterocycles. The van der Waals surface area contributed by atoms with E-state index in [1.807, 2.05) is 69.6 Å². The second-order valence-corrected chi connectivity index (χ2v) is 35.7. The number of thiophene rings is 6. The molecule has 12 aromatic rings. The van der Waals surface area contributed by atoms with Crippen molar-refractivity contribution in [2.45, 2.75) is 236 Å². The third kappa shape index (κ3) is 16.6. The number of ether oxygens (including phenoxy) is 2. The van der Waals surface area contributed by atoms with E-state index in [4.69, 9.17) is 27.0 Å². The molecule has 0 bridgehead atoms. The van der Waals surface area contributed by atoms with Crippen molar-refractivity contribution < 1.29 is 18.3 Å². The van der Waals surface area contributed by atoms with E-state index in [9.17, 15) is 0 Å². The SMILES string of the molecule is CCCCCCCCCCCCOc1c(C)c(-c2ccc(-c3cc(F)c(-c4ccc(-c5c(OCCCCCCCCCCCC)c(C)c(-c6cc7c(-c8ccc(CC(CC)CC)s8)c8sc(C)cc8c(-c8ccc(CC(CC)CC)s8)c7s6)c6nsnc56)s4)cc3F)s2)c2nsnc2c1C. The number of rotatable bonds is 39. The summed E-state index contributed by atoms with van der Waals surface area (Å²) in [5, 5.41) is 2.60. The first kappa shape index (κ1) is 74.4. The molecule has 6 nitrogen and oxygen atoms in total. The maximum Gasteiger partial charge on any atom is 0.133 e. The molecule has 4 aromatic carbocycles. The van der Waals surface area contributed by atoms with Gasteiger partial charge in [-0.3, -0.25) is 0 Å². The van der Waals surface area contributed by atoms with E-state index in [0.29, 0.717) is 34.8 Å². The van der Waals surface area contributed by atoms with Gasteiger partial charge in [-0.05, 0) is 138 Å². The van der Waals surface area contributed by atoms with E-state index in [0.717, 1.165) is 120 Å². The summed E-state index contributed by atoms with van der Waals surface area (Å²) in [5.41, 5.74) is 12.1. The van der Waals surface area contributed by atoms with Gasteiger partial charge in [-0.25, -0.2) is 8.78 Å². The Morgan fingerprint density at radius 3 is 1.23 bits per heavy atom. The lowest BCUT2D eigenvalue weighted by Gasteiger charge is -2.17. The molecular weight excluding hydrogens is 1390 g/mol. The molecule has 0 spiro atoms. The molecule has 100 heavy (non-hydrogen) atoms. The van der Waals surface area contributed by atoms with Crippen LogP contribution in [0.25, 0.3) is 115 Å². The molecule has 8 heterocycles. The van der Waals surface area contributed by atoms with E-state index in [1.165, 1.54) is 242 Å². The zero-order valence-corrected chi connectivity index (χ0v) is 67.0. The largest absolute Gasteiger partial charge is 0.493 e. The first-order valence-corrected chi connectivity index (χ1v) is 43.9. The fourth-order valence-electron chi connectivity index (χ4n) is 14.8. The Hall–Kier alpha value is -5.30. The molecule has 0 radical (unpaired) electrons. The van der Waals surface area contributed by atoms with Gasteiger partial charge in [0.2, 0.25) is 0 Å². The fraction of sp³-hybridized carbons (Fsp3) is 0.476. The summed E-state index contributed by atoms with van der Waals surface area (Å²) in [5.74, 6) is 1.96. The second kappa shape index (κ2) is 35.5. The predicted octanol–water partition coefficient (Wildman–Crippen LogP) is 30.1. The molecular formula is C84H100F2N4O2S8. The number of aryl methyl sites for hydroxylation is 2. The lowest BCUT2D eigenvalue weighted by molar-refractivity contribution is 0.301. The first-order chi connectivity index (χ1) is 48.9. The zero-order chi connectivity index (χ0) is 69.8. The summed E-state index contributed by atoms with van der Waals surface area (Å²) in [6.07, 6.45) is 31.8. The lowest BCUT2D eigenvalue weighted by Crippen LogP contribution is -2.02. The van der Waals surface area contributed by atoms with Crippen molar-refractivity contribution in [3.05, 3.63) is 116 Å². The highest BCUT2D eigenvalue weighted by atomic mass is 32.1. The number of hydrogen-bond acceptors (Lipinski definition) is 14. The van der Waals surface area contributed by atoms with Crippen molar-refractivity contribution in [3.63, 3.8) is 0 Å². The first-order valence-electron chi connectivity index (χ1n) is 37.5. The molecule has 0 saturated carbocycles. The third-order valence-electron chi connectivity index (χ3n) is 20.8. The minimum absolute atomic E-state index is 0.214. The minimum atomic E-state index is -0.488. The summed E-state index contributed by atoms with van der Waals surface area (Å²) in [7, 11) is 0. The van der Waals surface area contributed by atoms with Crippen LogP contribution in [0.15, 0.2) is 72.8 Å². The van der Waals surface area contributed by atoms with Crippen LogP contribution in [-0.4, -0.2) is 30.7 Å². The predicted molar refractivity (Wildman–Crippen MR) is 438 cm³/mol. The van der Waals surface area contributed by atoms with Gasteiger partial charge in [0.1, 0.15) is 45.2 Å². The van der Waals surface area contributed by atoms with E-state index in [1.54, 1.807) is 0 Å². The molecule has 0 aliphatic heterocycles. The van der Waals surface area contributed by atoms with Crippen molar-refractivity contribution in [1.82, 2.24) is 17.5 Å². The van der Waals surface area contributed by atoms with Gasteiger partial charge in [0.05, 0.1) is 42.2 Å². The van der Waals surface area contributed by atoms with Crippen molar-refractivity contribution in [3.8, 4) is 84.6 Å². The van der Waals surface area contributed by atoms with Gasteiger partial charge in [-0.15, -0.1) is 68.0 Å².